The van der Waals surface area contributed by atoms with Crippen molar-refractivity contribution in [3.8, 4) is 0 Å². The molecule has 0 aromatic carbocycles. The number of hydrogen-bond donors (Lipinski definition) is 5. The Morgan fingerprint density at radius 1 is 1.03 bits per heavy atom. The number of fused-ring (bicyclic) bond motifs is 1. The molecule has 3 amide bonds. The van der Waals surface area contributed by atoms with Crippen LogP contribution in [0.5, 0.6) is 0 Å². The molecule has 3 heterocycles. The number of rotatable bonds is 10. The standard InChI is InChI=1S/C26H35FN10O2/c1-36(2)12-11-29-26(39)33-18-7-5-17(6-8-18)32-23-13-21(31-16-3-4-16)24-30-15-22(37(24)35-23)25(38)34-20-9-10-28-14-19(20)27/h9-10,13-18,31H,3-8,11-12H2,1-2H3,(H,32,35)(H,28,34,38)(H2,29,33,39). The Labute approximate surface area is 226 Å². The van der Waals surface area contributed by atoms with E-state index in [1.165, 1.54) is 23.0 Å². The van der Waals surface area contributed by atoms with Gasteiger partial charge >= 0.3 is 6.03 Å². The summed E-state index contributed by atoms with van der Waals surface area (Å²) in [5.41, 5.74) is 1.54. The Morgan fingerprint density at radius 2 is 1.74 bits per heavy atom. The normalized spacial score (nSPS) is 19.1. The maximum atomic E-state index is 14.1. The molecular weight excluding hydrogens is 503 g/mol. The topological polar surface area (TPSA) is 141 Å². The number of nitrogens with zero attached hydrogens (tertiary/aromatic N) is 5. The van der Waals surface area contributed by atoms with E-state index in [0.29, 0.717) is 24.1 Å². The molecule has 0 atom stereocenters. The lowest BCUT2D eigenvalue weighted by molar-refractivity contribution is 0.102. The van der Waals surface area contributed by atoms with Gasteiger partial charge in [0.05, 0.1) is 23.8 Å². The van der Waals surface area contributed by atoms with Crippen molar-refractivity contribution < 1.29 is 14.0 Å². The zero-order valence-electron chi connectivity index (χ0n) is 22.2. The van der Waals surface area contributed by atoms with Crippen molar-refractivity contribution in [2.45, 2.75) is 56.7 Å². The molecule has 2 saturated carbocycles. The molecule has 5 rings (SSSR count). The highest BCUT2D eigenvalue weighted by atomic mass is 19.1. The third-order valence-electron chi connectivity index (χ3n) is 6.92. The fraction of sp³-hybridized carbons (Fsp3) is 0.500. The number of halogens is 1. The second kappa shape index (κ2) is 11.8. The number of carbonyl (C=O) groups is 2. The molecule has 0 saturated heterocycles. The van der Waals surface area contributed by atoms with Crippen molar-refractivity contribution in [2.75, 3.05) is 43.1 Å². The molecule has 0 aliphatic heterocycles. The van der Waals surface area contributed by atoms with Crippen LogP contribution in [0.25, 0.3) is 5.65 Å². The number of likely N-dealkylation sites (N-methyl/N-ethyl adjacent to an activating group) is 1. The van der Waals surface area contributed by atoms with Gasteiger partial charge in [0, 0.05) is 43.5 Å². The van der Waals surface area contributed by atoms with Gasteiger partial charge in [-0.1, -0.05) is 0 Å². The number of pyridine rings is 1. The number of hydrogen-bond acceptors (Lipinski definition) is 8. The van der Waals surface area contributed by atoms with Crippen LogP contribution in [-0.2, 0) is 0 Å². The number of anilines is 3. The van der Waals surface area contributed by atoms with Crippen molar-refractivity contribution >= 4 is 34.8 Å². The Balaban J connectivity index is 1.25. The van der Waals surface area contributed by atoms with Crippen LogP contribution in [0.1, 0.15) is 49.0 Å². The molecule has 3 aromatic heterocycles. The van der Waals surface area contributed by atoms with Gasteiger partial charge in [-0.3, -0.25) is 9.78 Å². The van der Waals surface area contributed by atoms with Gasteiger partial charge in [-0.25, -0.2) is 18.7 Å². The lowest BCUT2D eigenvalue weighted by Crippen LogP contribution is -2.46. The molecule has 0 spiro atoms. The number of aromatic nitrogens is 4. The van der Waals surface area contributed by atoms with Crippen LogP contribution >= 0.6 is 0 Å². The highest BCUT2D eigenvalue weighted by Gasteiger charge is 2.26. The summed E-state index contributed by atoms with van der Waals surface area (Å²) in [7, 11) is 3.94. The van der Waals surface area contributed by atoms with Crippen LogP contribution in [-0.4, -0.2) is 81.7 Å². The molecule has 5 N–H and O–H groups in total. The van der Waals surface area contributed by atoms with Crippen molar-refractivity contribution in [1.82, 2.24) is 35.1 Å². The Bertz CT molecular complexity index is 1320. The lowest BCUT2D eigenvalue weighted by atomic mass is 9.91. The second-order valence-electron chi connectivity index (χ2n) is 10.4. The van der Waals surface area contributed by atoms with Gasteiger partial charge in [-0.2, -0.15) is 0 Å². The molecule has 0 radical (unpaired) electrons. The summed E-state index contributed by atoms with van der Waals surface area (Å²) >= 11 is 0. The average Bonchev–Trinajstić information content (AvgIpc) is 3.61. The van der Waals surface area contributed by atoms with Crippen LogP contribution in [0.2, 0.25) is 0 Å². The van der Waals surface area contributed by atoms with Crippen molar-refractivity contribution in [1.29, 1.82) is 0 Å². The zero-order chi connectivity index (χ0) is 27.4. The highest BCUT2D eigenvalue weighted by Crippen LogP contribution is 2.30. The highest BCUT2D eigenvalue weighted by molar-refractivity contribution is 6.03. The predicted octanol–water partition coefficient (Wildman–Crippen LogP) is 2.67. The molecule has 12 nitrogen and oxygen atoms in total. The predicted molar refractivity (Wildman–Crippen MR) is 147 cm³/mol. The van der Waals surface area contributed by atoms with Crippen molar-refractivity contribution in [2.24, 2.45) is 0 Å². The Kier molecular flexibility index (Phi) is 8.05. The first-order valence-corrected chi connectivity index (χ1v) is 13.4. The van der Waals surface area contributed by atoms with Gasteiger partial charge < -0.3 is 31.5 Å². The van der Waals surface area contributed by atoms with E-state index in [9.17, 15) is 14.0 Å². The van der Waals surface area contributed by atoms with Gasteiger partial charge in [-0.15, -0.1) is 5.10 Å². The van der Waals surface area contributed by atoms with Crippen LogP contribution in [0, 0.1) is 5.82 Å². The molecule has 2 aliphatic rings. The summed E-state index contributed by atoms with van der Waals surface area (Å²) in [5.74, 6) is -0.530. The first-order valence-electron chi connectivity index (χ1n) is 13.4. The van der Waals surface area contributed by atoms with E-state index in [-0.39, 0.29) is 29.5 Å². The maximum absolute atomic E-state index is 14.1. The van der Waals surface area contributed by atoms with Gasteiger partial charge in [0.25, 0.3) is 5.91 Å². The molecule has 0 unspecified atom stereocenters. The molecule has 208 valence electrons. The van der Waals surface area contributed by atoms with Crippen LogP contribution in [0.3, 0.4) is 0 Å². The summed E-state index contributed by atoms with van der Waals surface area (Å²) in [6.07, 6.45) is 9.49. The smallest absolute Gasteiger partial charge is 0.315 e. The van der Waals surface area contributed by atoms with Crippen LogP contribution < -0.4 is 26.6 Å². The van der Waals surface area contributed by atoms with E-state index >= 15 is 0 Å². The Hall–Kier alpha value is -4.00. The minimum absolute atomic E-state index is 0.0345. The molecular formula is C26H35FN10O2. The number of urea groups is 1. The molecule has 13 heteroatoms. The van der Waals surface area contributed by atoms with Gasteiger partial charge in [0.2, 0.25) is 0 Å². The van der Waals surface area contributed by atoms with Crippen molar-refractivity contribution in [3.05, 3.63) is 42.2 Å². The molecule has 39 heavy (non-hydrogen) atoms. The third kappa shape index (κ3) is 6.91. The van der Waals surface area contributed by atoms with E-state index in [2.05, 4.69) is 41.7 Å². The molecule has 2 aliphatic carbocycles. The number of carbonyl (C=O) groups excluding carboxylic acids is 2. The number of imidazole rings is 1. The summed E-state index contributed by atoms with van der Waals surface area (Å²) in [6.45, 7) is 1.40. The third-order valence-corrected chi connectivity index (χ3v) is 6.92. The van der Waals surface area contributed by atoms with Crippen LogP contribution in [0.15, 0.2) is 30.7 Å². The molecule has 0 bridgehead atoms. The molecule has 2 fully saturated rings. The summed E-state index contributed by atoms with van der Waals surface area (Å²) in [4.78, 5) is 35.4. The lowest BCUT2D eigenvalue weighted by Gasteiger charge is -2.30. The largest absolute Gasteiger partial charge is 0.379 e. The van der Waals surface area contributed by atoms with E-state index in [1.54, 1.807) is 0 Å². The van der Waals surface area contributed by atoms with Gasteiger partial charge in [-0.05, 0) is 58.7 Å². The summed E-state index contributed by atoms with van der Waals surface area (Å²) in [5, 5.41) is 20.2. The van der Waals surface area contributed by atoms with E-state index < -0.39 is 11.7 Å². The first-order chi connectivity index (χ1) is 18.9. The molecule has 3 aromatic rings. The number of nitrogens with one attached hydrogen (secondary N) is 5. The minimum atomic E-state index is -0.623. The summed E-state index contributed by atoms with van der Waals surface area (Å²) in [6, 6.07) is 3.86. The van der Waals surface area contributed by atoms with E-state index in [1.807, 2.05) is 25.1 Å². The van der Waals surface area contributed by atoms with E-state index in [0.717, 1.165) is 57.0 Å². The zero-order valence-corrected chi connectivity index (χ0v) is 22.2. The SMILES string of the molecule is CN(C)CCNC(=O)NC1CCC(Nc2cc(NC3CC3)c3ncc(C(=O)Nc4ccncc4F)n3n2)CC1. The fourth-order valence-electron chi connectivity index (χ4n) is 4.63. The quantitative estimate of drug-likeness (QED) is 0.265. The average molecular weight is 539 g/mol. The van der Waals surface area contributed by atoms with Gasteiger partial charge in [0.1, 0.15) is 5.82 Å². The minimum Gasteiger partial charge on any atom is -0.379 e. The van der Waals surface area contributed by atoms with Crippen LogP contribution in [0.4, 0.5) is 26.4 Å². The maximum Gasteiger partial charge on any atom is 0.315 e. The summed E-state index contributed by atoms with van der Waals surface area (Å²) < 4.78 is 15.6. The Morgan fingerprint density at radius 3 is 2.46 bits per heavy atom. The number of amides is 3. The second-order valence-corrected chi connectivity index (χ2v) is 10.4. The van der Waals surface area contributed by atoms with E-state index in [4.69, 9.17) is 0 Å². The van der Waals surface area contributed by atoms with Gasteiger partial charge in [0.15, 0.2) is 17.2 Å². The fourth-order valence-corrected chi connectivity index (χ4v) is 4.63. The van der Waals surface area contributed by atoms with Crippen molar-refractivity contribution in [3.63, 3.8) is 0 Å². The monoisotopic (exact) mass is 538 g/mol. The first kappa shape index (κ1) is 26.6.